The summed E-state index contributed by atoms with van der Waals surface area (Å²) in [5.74, 6) is -0.561. The van der Waals surface area contributed by atoms with Gasteiger partial charge in [-0.3, -0.25) is 0 Å². The molecule has 0 bridgehead atoms. The first kappa shape index (κ1) is 12.5. The first-order valence-electron chi connectivity index (χ1n) is 3.93. The lowest BCUT2D eigenvalue weighted by Crippen LogP contribution is -2.38. The SMILES string of the molecule is C=CC(=O)OCC(C)(COC)OC#N. The van der Waals surface area contributed by atoms with Gasteiger partial charge in [-0.25, -0.2) is 4.79 Å². The van der Waals surface area contributed by atoms with Crippen LogP contribution in [0.5, 0.6) is 0 Å². The monoisotopic (exact) mass is 199 g/mol. The van der Waals surface area contributed by atoms with Gasteiger partial charge in [-0.1, -0.05) is 6.58 Å². The Hall–Kier alpha value is -1.54. The molecule has 0 aromatic heterocycles. The van der Waals surface area contributed by atoms with E-state index in [0.29, 0.717) is 0 Å². The van der Waals surface area contributed by atoms with Gasteiger partial charge in [-0.15, -0.1) is 0 Å². The first-order valence-corrected chi connectivity index (χ1v) is 3.93. The maximum atomic E-state index is 10.7. The summed E-state index contributed by atoms with van der Waals surface area (Å²) in [5, 5.41) is 8.36. The summed E-state index contributed by atoms with van der Waals surface area (Å²) in [7, 11) is 1.47. The maximum absolute atomic E-state index is 10.7. The number of nitrogens with zero attached hydrogens (tertiary/aromatic N) is 1. The van der Waals surface area contributed by atoms with Crippen molar-refractivity contribution in [2.45, 2.75) is 12.5 Å². The zero-order valence-electron chi connectivity index (χ0n) is 8.28. The smallest absolute Gasteiger partial charge is 0.330 e. The number of hydrogen-bond acceptors (Lipinski definition) is 5. The largest absolute Gasteiger partial charge is 0.458 e. The van der Waals surface area contributed by atoms with Crippen molar-refractivity contribution in [3.05, 3.63) is 12.7 Å². The van der Waals surface area contributed by atoms with Gasteiger partial charge in [0.1, 0.15) is 6.61 Å². The summed E-state index contributed by atoms with van der Waals surface area (Å²) in [5.41, 5.74) is -0.942. The molecular formula is C9H13NO4. The minimum atomic E-state index is -0.942. The summed E-state index contributed by atoms with van der Waals surface area (Å²) >= 11 is 0. The van der Waals surface area contributed by atoms with Crippen molar-refractivity contribution in [2.75, 3.05) is 20.3 Å². The van der Waals surface area contributed by atoms with Gasteiger partial charge in [-0.05, 0) is 6.92 Å². The zero-order chi connectivity index (χ0) is 11.0. The Morgan fingerprint density at radius 3 is 2.71 bits per heavy atom. The number of hydrogen-bond donors (Lipinski definition) is 0. The molecule has 0 aliphatic rings. The maximum Gasteiger partial charge on any atom is 0.330 e. The van der Waals surface area contributed by atoms with E-state index in [-0.39, 0.29) is 13.2 Å². The molecule has 0 aliphatic heterocycles. The van der Waals surface area contributed by atoms with E-state index in [9.17, 15) is 4.79 Å². The van der Waals surface area contributed by atoms with Crippen molar-refractivity contribution in [1.29, 1.82) is 5.26 Å². The molecule has 5 heteroatoms. The summed E-state index contributed by atoms with van der Waals surface area (Å²) < 4.78 is 14.3. The van der Waals surface area contributed by atoms with Crippen molar-refractivity contribution in [3.8, 4) is 6.26 Å². The Kier molecular flexibility index (Phi) is 5.34. The summed E-state index contributed by atoms with van der Waals surface area (Å²) in [6, 6.07) is 0. The molecule has 1 unspecified atom stereocenters. The number of nitriles is 1. The molecular weight excluding hydrogens is 186 g/mol. The predicted octanol–water partition coefficient (Wildman–Crippen LogP) is 0.618. The quantitative estimate of drug-likeness (QED) is 0.356. The number of methoxy groups -OCH3 is 1. The lowest BCUT2D eigenvalue weighted by molar-refractivity contribution is -0.147. The molecule has 1 atom stereocenters. The van der Waals surface area contributed by atoms with Crippen molar-refractivity contribution >= 4 is 5.97 Å². The zero-order valence-corrected chi connectivity index (χ0v) is 8.28. The van der Waals surface area contributed by atoms with Crippen molar-refractivity contribution < 1.29 is 19.0 Å². The third-order valence-corrected chi connectivity index (χ3v) is 1.43. The van der Waals surface area contributed by atoms with Gasteiger partial charge in [0.15, 0.2) is 5.60 Å². The second-order valence-corrected chi connectivity index (χ2v) is 2.89. The molecule has 0 aromatic rings. The van der Waals surface area contributed by atoms with E-state index in [0.717, 1.165) is 6.08 Å². The molecule has 0 radical (unpaired) electrons. The Labute approximate surface area is 82.9 Å². The number of carbonyl (C=O) groups is 1. The van der Waals surface area contributed by atoms with Crippen LogP contribution in [-0.4, -0.2) is 31.9 Å². The van der Waals surface area contributed by atoms with Crippen LogP contribution in [0.1, 0.15) is 6.92 Å². The van der Waals surface area contributed by atoms with Gasteiger partial charge in [0.2, 0.25) is 0 Å². The van der Waals surface area contributed by atoms with E-state index in [4.69, 9.17) is 19.5 Å². The number of carbonyl (C=O) groups excluding carboxylic acids is 1. The summed E-state index contributed by atoms with van der Waals surface area (Å²) in [4.78, 5) is 10.7. The molecule has 0 amide bonds. The Morgan fingerprint density at radius 1 is 1.64 bits per heavy atom. The van der Waals surface area contributed by atoms with E-state index < -0.39 is 11.6 Å². The second-order valence-electron chi connectivity index (χ2n) is 2.89. The van der Waals surface area contributed by atoms with E-state index in [1.165, 1.54) is 13.4 Å². The molecule has 0 saturated heterocycles. The van der Waals surface area contributed by atoms with E-state index in [2.05, 4.69) is 6.58 Å². The van der Waals surface area contributed by atoms with E-state index in [1.54, 1.807) is 6.92 Å². The molecule has 0 aliphatic carbocycles. The molecule has 0 spiro atoms. The van der Waals surface area contributed by atoms with Crippen molar-refractivity contribution in [1.82, 2.24) is 0 Å². The van der Waals surface area contributed by atoms with E-state index >= 15 is 0 Å². The van der Waals surface area contributed by atoms with Crippen LogP contribution in [0.15, 0.2) is 12.7 Å². The molecule has 0 heterocycles. The second kappa shape index (κ2) is 6.00. The highest BCUT2D eigenvalue weighted by molar-refractivity contribution is 5.81. The van der Waals surface area contributed by atoms with Crippen molar-refractivity contribution in [3.63, 3.8) is 0 Å². The summed E-state index contributed by atoms with van der Waals surface area (Å²) in [6.45, 7) is 4.95. The lowest BCUT2D eigenvalue weighted by Gasteiger charge is -2.24. The molecule has 14 heavy (non-hydrogen) atoms. The molecule has 5 nitrogen and oxygen atoms in total. The molecule has 0 fully saturated rings. The number of ether oxygens (including phenoxy) is 3. The predicted molar refractivity (Wildman–Crippen MR) is 48.1 cm³/mol. The highest BCUT2D eigenvalue weighted by Gasteiger charge is 2.28. The van der Waals surface area contributed by atoms with Crippen LogP contribution in [-0.2, 0) is 19.0 Å². The van der Waals surface area contributed by atoms with Gasteiger partial charge in [0.05, 0.1) is 6.61 Å². The molecule has 0 aromatic carbocycles. The molecule has 0 rings (SSSR count). The van der Waals surface area contributed by atoms with Gasteiger partial charge >= 0.3 is 5.97 Å². The number of rotatable bonds is 6. The Balaban J connectivity index is 4.15. The van der Waals surface area contributed by atoms with Crippen LogP contribution < -0.4 is 0 Å². The van der Waals surface area contributed by atoms with Crippen LogP contribution in [0.4, 0.5) is 0 Å². The van der Waals surface area contributed by atoms with Gasteiger partial charge < -0.3 is 14.2 Å². The summed E-state index contributed by atoms with van der Waals surface area (Å²) in [6.07, 6.45) is 2.58. The lowest BCUT2D eigenvalue weighted by atomic mass is 10.1. The average molecular weight is 199 g/mol. The van der Waals surface area contributed by atoms with Gasteiger partial charge in [0.25, 0.3) is 6.26 Å². The Bertz CT molecular complexity index is 246. The highest BCUT2D eigenvalue weighted by atomic mass is 16.6. The Morgan fingerprint density at radius 2 is 2.29 bits per heavy atom. The standard InChI is InChI=1S/C9H13NO4/c1-4-8(11)13-6-9(2,5-12-3)14-7-10/h4H,1,5-6H2,2-3H3. The minimum Gasteiger partial charge on any atom is -0.458 e. The normalized spacial score (nSPS) is 13.5. The molecule has 78 valence electrons. The van der Waals surface area contributed by atoms with Crippen LogP contribution in [0.2, 0.25) is 0 Å². The van der Waals surface area contributed by atoms with Crippen LogP contribution in [0.25, 0.3) is 0 Å². The van der Waals surface area contributed by atoms with Crippen LogP contribution in [0.3, 0.4) is 0 Å². The first-order chi connectivity index (χ1) is 6.58. The topological polar surface area (TPSA) is 68.6 Å². The van der Waals surface area contributed by atoms with Gasteiger partial charge in [-0.2, -0.15) is 5.26 Å². The molecule has 0 N–H and O–H groups in total. The average Bonchev–Trinajstić information content (AvgIpc) is 2.15. The van der Waals surface area contributed by atoms with Gasteiger partial charge in [0, 0.05) is 13.2 Å². The van der Waals surface area contributed by atoms with E-state index in [1.807, 2.05) is 0 Å². The third kappa shape index (κ3) is 4.48. The fraction of sp³-hybridized carbons (Fsp3) is 0.556. The molecule has 0 saturated carbocycles. The van der Waals surface area contributed by atoms with Crippen LogP contribution in [0, 0.1) is 11.5 Å². The third-order valence-electron chi connectivity index (χ3n) is 1.43. The highest BCUT2D eigenvalue weighted by Crippen LogP contribution is 2.10. The minimum absolute atomic E-state index is 0.0563. The number of esters is 1. The fourth-order valence-electron chi connectivity index (χ4n) is 0.799. The van der Waals surface area contributed by atoms with Crippen LogP contribution >= 0.6 is 0 Å². The van der Waals surface area contributed by atoms with Crippen molar-refractivity contribution in [2.24, 2.45) is 0 Å². The fourth-order valence-corrected chi connectivity index (χ4v) is 0.799.